The van der Waals surface area contributed by atoms with E-state index in [1.165, 1.54) is 0 Å². The number of rotatable bonds is 0. The molecule has 1 rings (SSSR count). The summed E-state index contributed by atoms with van der Waals surface area (Å²) in [4.78, 5) is 0. The quantitative estimate of drug-likeness (QED) is 0.467. The molecule has 0 radical (unpaired) electrons. The van der Waals surface area contributed by atoms with Gasteiger partial charge < -0.3 is 7.59 Å². The Morgan fingerprint density at radius 3 is 2.25 bits per heavy atom. The van der Waals surface area contributed by atoms with Crippen molar-refractivity contribution in [2.75, 3.05) is 6.61 Å². The van der Waals surface area contributed by atoms with E-state index < -0.39 is 0 Å². The molecule has 0 aromatic heterocycles. The molecule has 0 N–H and O–H groups in total. The molecule has 0 atom stereocenters. The molecule has 0 saturated heterocycles. The van der Waals surface area contributed by atoms with Crippen molar-refractivity contribution < 1.29 is 7.59 Å². The molecule has 0 aromatic rings. The first-order valence-corrected chi connectivity index (χ1v) is 1.93. The van der Waals surface area contributed by atoms with Gasteiger partial charge in [-0.15, -0.1) is 12.4 Å². The Morgan fingerprint density at radius 1 is 1.38 bits per heavy atom. The maximum Gasteiger partial charge on any atom is 2.00 e. The third-order valence-corrected chi connectivity index (χ3v) is 0.614. The molecule has 3 heteroatoms. The molecule has 1 aliphatic rings. The largest absolute Gasteiger partial charge is 2.00 e. The van der Waals surface area contributed by atoms with E-state index in [2.05, 4.69) is 0 Å². The Kier molecular flexibility index (Phi) is 10.2. The number of ether oxygens (including phenoxy) is 1. The molecule has 0 unspecified atom stereocenters. The van der Waals surface area contributed by atoms with Crippen LogP contribution < -0.4 is 0 Å². The topological polar surface area (TPSA) is 9.23 Å². The summed E-state index contributed by atoms with van der Waals surface area (Å²) in [7, 11) is 0. The van der Waals surface area contributed by atoms with Crippen LogP contribution in [0.4, 0.5) is 0 Å². The zero-order chi connectivity index (χ0) is 4.24. The third kappa shape index (κ3) is 4.49. The minimum Gasteiger partial charge on any atom is -1.00 e. The van der Waals surface area contributed by atoms with Gasteiger partial charge in [0.2, 0.25) is 0 Å². The van der Waals surface area contributed by atoms with Crippen molar-refractivity contribution in [3.8, 4) is 0 Å². The first-order chi connectivity index (χ1) is 3.00. The van der Waals surface area contributed by atoms with Gasteiger partial charge in [-0.3, -0.25) is 0 Å². The van der Waals surface area contributed by atoms with E-state index in [4.69, 9.17) is 4.74 Å². The number of allylic oxidation sites excluding steroid dienone is 2. The molecular formula is C5H9ClMgO. The van der Waals surface area contributed by atoms with Gasteiger partial charge in [-0.25, -0.2) is 0 Å². The van der Waals surface area contributed by atoms with Gasteiger partial charge in [-0.1, -0.05) is 6.08 Å². The molecule has 0 aromatic carbocycles. The van der Waals surface area contributed by atoms with Crippen LogP contribution in [0.1, 0.15) is 2.85 Å². The van der Waals surface area contributed by atoms with Crippen molar-refractivity contribution in [1.29, 1.82) is 0 Å². The van der Waals surface area contributed by atoms with Crippen LogP contribution in [0.5, 0.6) is 0 Å². The van der Waals surface area contributed by atoms with Crippen molar-refractivity contribution >= 4 is 35.5 Å². The van der Waals surface area contributed by atoms with Crippen molar-refractivity contribution in [2.24, 2.45) is 0 Å². The first-order valence-electron chi connectivity index (χ1n) is 1.93. The molecule has 1 nitrogen and oxygen atoms in total. The van der Waals surface area contributed by atoms with Crippen LogP contribution in [0.25, 0.3) is 0 Å². The van der Waals surface area contributed by atoms with Crippen molar-refractivity contribution in [3.63, 3.8) is 0 Å². The molecule has 1 heterocycles. The molecule has 0 spiro atoms. The molecule has 44 valence electrons. The van der Waals surface area contributed by atoms with Gasteiger partial charge in [-0.05, 0) is 12.2 Å². The average molecular weight is 145 g/mol. The summed E-state index contributed by atoms with van der Waals surface area (Å²) >= 11 is 0. The van der Waals surface area contributed by atoms with Gasteiger partial charge in [0.15, 0.2) is 0 Å². The van der Waals surface area contributed by atoms with Crippen molar-refractivity contribution in [2.45, 2.75) is 0 Å². The van der Waals surface area contributed by atoms with Gasteiger partial charge in [0, 0.05) is 0 Å². The van der Waals surface area contributed by atoms with Crippen LogP contribution in [0, 0.1) is 0 Å². The SMILES string of the molecule is C1=CCOC=C1.Cl.[H-].[H-].[Mg+2]. The standard InChI is InChI=1S/C5H6O.ClH.Mg.2H/c1-2-4-6-5-3-1;;;;/h1-4H,5H2;1H;;;/q;;+2;2*-1. The second-order valence-corrected chi connectivity index (χ2v) is 1.09. The summed E-state index contributed by atoms with van der Waals surface area (Å²) in [6, 6.07) is 0. The van der Waals surface area contributed by atoms with Crippen molar-refractivity contribution in [3.05, 3.63) is 24.5 Å². The summed E-state index contributed by atoms with van der Waals surface area (Å²) in [5.41, 5.74) is 0. The van der Waals surface area contributed by atoms with E-state index in [0.29, 0.717) is 0 Å². The monoisotopic (exact) mass is 144 g/mol. The van der Waals surface area contributed by atoms with E-state index in [0.717, 1.165) is 6.61 Å². The number of halogens is 1. The minimum atomic E-state index is 0. The van der Waals surface area contributed by atoms with Crippen LogP contribution >= 0.6 is 12.4 Å². The summed E-state index contributed by atoms with van der Waals surface area (Å²) in [6.45, 7) is 0.733. The van der Waals surface area contributed by atoms with Crippen LogP contribution in [0.15, 0.2) is 24.5 Å². The van der Waals surface area contributed by atoms with Gasteiger partial charge in [0.1, 0.15) is 6.61 Å². The van der Waals surface area contributed by atoms with Gasteiger partial charge in [-0.2, -0.15) is 0 Å². The third-order valence-electron chi connectivity index (χ3n) is 0.614. The predicted octanol–water partition coefficient (Wildman–Crippen LogP) is 1.35. The van der Waals surface area contributed by atoms with E-state index in [1.807, 2.05) is 18.2 Å². The van der Waals surface area contributed by atoms with Crippen LogP contribution in [0.3, 0.4) is 0 Å². The van der Waals surface area contributed by atoms with Gasteiger partial charge >= 0.3 is 23.1 Å². The van der Waals surface area contributed by atoms with Gasteiger partial charge in [0.05, 0.1) is 6.26 Å². The fourth-order valence-electron chi connectivity index (χ4n) is 0.346. The van der Waals surface area contributed by atoms with E-state index in [9.17, 15) is 0 Å². The maximum atomic E-state index is 4.80. The maximum absolute atomic E-state index is 4.80. The molecule has 8 heavy (non-hydrogen) atoms. The van der Waals surface area contributed by atoms with E-state index >= 15 is 0 Å². The Labute approximate surface area is 74.3 Å². The fourth-order valence-corrected chi connectivity index (χ4v) is 0.346. The number of hydrogen-bond donors (Lipinski definition) is 0. The van der Waals surface area contributed by atoms with Gasteiger partial charge in [0.25, 0.3) is 0 Å². The van der Waals surface area contributed by atoms with Crippen LogP contribution in [-0.2, 0) is 4.74 Å². The van der Waals surface area contributed by atoms with Crippen LogP contribution in [0.2, 0.25) is 0 Å². The molecule has 0 aliphatic carbocycles. The second-order valence-electron chi connectivity index (χ2n) is 1.09. The molecule has 0 bridgehead atoms. The molecule has 0 saturated carbocycles. The van der Waals surface area contributed by atoms with Crippen LogP contribution in [-0.4, -0.2) is 29.7 Å². The zero-order valence-electron chi connectivity index (χ0n) is 6.54. The van der Waals surface area contributed by atoms with E-state index in [1.54, 1.807) is 6.26 Å². The second kappa shape index (κ2) is 7.34. The Hall–Kier alpha value is 0.336. The summed E-state index contributed by atoms with van der Waals surface area (Å²) in [5, 5.41) is 0. The Morgan fingerprint density at radius 2 is 2.12 bits per heavy atom. The Bertz CT molecular complexity index is 85.6. The summed E-state index contributed by atoms with van der Waals surface area (Å²) in [6.07, 6.45) is 7.47. The molecule has 0 amide bonds. The average Bonchev–Trinajstić information content (AvgIpc) is 1.72. The predicted molar refractivity (Wildman–Crippen MR) is 39.5 cm³/mol. The summed E-state index contributed by atoms with van der Waals surface area (Å²) in [5.74, 6) is 0. The first kappa shape index (κ1) is 11.2. The normalized spacial score (nSPS) is 13.0. The Balaban J connectivity index is -0.0000000450. The fraction of sp³-hybridized carbons (Fsp3) is 0.200. The number of hydrogen-bond acceptors (Lipinski definition) is 1. The molecule has 0 fully saturated rings. The smallest absolute Gasteiger partial charge is 1.00 e. The van der Waals surface area contributed by atoms with Crippen molar-refractivity contribution in [1.82, 2.24) is 0 Å². The molecule has 1 aliphatic heterocycles. The minimum absolute atomic E-state index is 0. The summed E-state index contributed by atoms with van der Waals surface area (Å²) < 4.78 is 4.80. The molecular weight excluding hydrogens is 136 g/mol. The zero-order valence-corrected chi connectivity index (χ0v) is 6.77. The van der Waals surface area contributed by atoms with E-state index in [-0.39, 0.29) is 38.3 Å².